The number of hydrogen-bond acceptors (Lipinski definition) is 1. The SMILES string of the molecule is NC(=O)Nc1[c]c2ccccc2[nH]1. The van der Waals surface area contributed by atoms with Gasteiger partial charge in [0.25, 0.3) is 0 Å². The molecule has 0 bridgehead atoms. The Morgan fingerprint density at radius 2 is 2.23 bits per heavy atom. The third-order valence-corrected chi connectivity index (χ3v) is 1.69. The van der Waals surface area contributed by atoms with Gasteiger partial charge in [-0.2, -0.15) is 0 Å². The number of hydrogen-bond donors (Lipinski definition) is 3. The van der Waals surface area contributed by atoms with Gasteiger partial charge in [-0.15, -0.1) is 0 Å². The molecule has 0 atom stereocenters. The fourth-order valence-corrected chi connectivity index (χ4v) is 1.19. The summed E-state index contributed by atoms with van der Waals surface area (Å²) in [5, 5.41) is 3.34. The molecule has 2 amide bonds. The minimum Gasteiger partial charge on any atom is -0.351 e. The van der Waals surface area contributed by atoms with Crippen LogP contribution in [0.15, 0.2) is 24.3 Å². The van der Waals surface area contributed by atoms with Crippen LogP contribution in [0, 0.1) is 6.07 Å². The third kappa shape index (κ3) is 1.46. The number of fused-ring (bicyclic) bond motifs is 1. The molecular weight excluding hydrogens is 166 g/mol. The first-order valence-electron chi connectivity index (χ1n) is 3.82. The number of nitrogens with two attached hydrogens (primary N) is 1. The summed E-state index contributed by atoms with van der Waals surface area (Å²) in [7, 11) is 0. The number of para-hydroxylation sites is 1. The minimum absolute atomic E-state index is 0.494. The summed E-state index contributed by atoms with van der Waals surface area (Å²) in [6.45, 7) is 0. The summed E-state index contributed by atoms with van der Waals surface area (Å²) < 4.78 is 0. The van der Waals surface area contributed by atoms with E-state index in [1.165, 1.54) is 0 Å². The Morgan fingerprint density at radius 3 is 2.92 bits per heavy atom. The summed E-state index contributed by atoms with van der Waals surface area (Å²) in [4.78, 5) is 13.5. The standard InChI is InChI=1S/C9H8N3O/c10-9(13)12-8-5-6-3-1-2-4-7(6)11-8/h1-4,11H,(H3,10,12,13). The van der Waals surface area contributed by atoms with Crippen molar-refractivity contribution in [2.24, 2.45) is 5.73 Å². The van der Waals surface area contributed by atoms with Crippen molar-refractivity contribution in [2.45, 2.75) is 0 Å². The van der Waals surface area contributed by atoms with E-state index in [9.17, 15) is 4.79 Å². The van der Waals surface area contributed by atoms with E-state index < -0.39 is 6.03 Å². The molecule has 0 aliphatic rings. The Kier molecular flexibility index (Phi) is 1.66. The zero-order valence-corrected chi connectivity index (χ0v) is 6.79. The maximum atomic E-state index is 10.5. The van der Waals surface area contributed by atoms with Crippen molar-refractivity contribution < 1.29 is 4.79 Å². The molecule has 0 aliphatic heterocycles. The lowest BCUT2D eigenvalue weighted by molar-refractivity contribution is 0.259. The Balaban J connectivity index is 2.44. The molecule has 4 nitrogen and oxygen atoms in total. The Labute approximate surface area is 74.7 Å². The number of amides is 2. The van der Waals surface area contributed by atoms with Crippen LogP contribution in [0.2, 0.25) is 0 Å². The second-order valence-corrected chi connectivity index (χ2v) is 2.66. The number of carbonyl (C=O) groups is 1. The van der Waals surface area contributed by atoms with Crippen LogP contribution < -0.4 is 11.1 Å². The monoisotopic (exact) mass is 174 g/mol. The number of aromatic amines is 1. The van der Waals surface area contributed by atoms with Crippen molar-refractivity contribution >= 4 is 22.8 Å². The molecule has 2 aromatic rings. The molecular formula is C9H8N3O. The van der Waals surface area contributed by atoms with Gasteiger partial charge in [0.2, 0.25) is 0 Å². The van der Waals surface area contributed by atoms with Gasteiger partial charge in [-0.25, -0.2) is 4.79 Å². The van der Waals surface area contributed by atoms with Gasteiger partial charge in [-0.3, -0.25) is 5.32 Å². The number of H-pyrrole nitrogens is 1. The summed E-state index contributed by atoms with van der Waals surface area (Å²) in [6.07, 6.45) is 0. The Morgan fingerprint density at radius 1 is 1.46 bits per heavy atom. The summed E-state index contributed by atoms with van der Waals surface area (Å²) in [5.74, 6) is 0.494. The number of anilines is 1. The fraction of sp³-hybridized carbons (Fsp3) is 0. The number of aromatic nitrogens is 1. The van der Waals surface area contributed by atoms with Crippen LogP contribution in [0.3, 0.4) is 0 Å². The number of nitrogens with one attached hydrogen (secondary N) is 2. The number of primary amides is 1. The normalized spacial score (nSPS) is 10.2. The van der Waals surface area contributed by atoms with Crippen molar-refractivity contribution in [3.05, 3.63) is 30.3 Å². The average molecular weight is 174 g/mol. The van der Waals surface area contributed by atoms with Gasteiger partial charge >= 0.3 is 6.03 Å². The van der Waals surface area contributed by atoms with Gasteiger partial charge in [0.15, 0.2) is 0 Å². The molecule has 4 heteroatoms. The molecule has 4 N–H and O–H groups in total. The van der Waals surface area contributed by atoms with Crippen LogP contribution in [0.4, 0.5) is 10.6 Å². The fourth-order valence-electron chi connectivity index (χ4n) is 1.19. The largest absolute Gasteiger partial charge is 0.351 e. The van der Waals surface area contributed by atoms with Gasteiger partial charge in [0, 0.05) is 17.0 Å². The van der Waals surface area contributed by atoms with Crippen LogP contribution in [0.25, 0.3) is 10.9 Å². The summed E-state index contributed by atoms with van der Waals surface area (Å²) in [5.41, 5.74) is 5.88. The first kappa shape index (κ1) is 7.67. The molecule has 1 radical (unpaired) electrons. The molecule has 0 aliphatic carbocycles. The molecule has 1 aromatic carbocycles. The molecule has 2 rings (SSSR count). The molecule has 0 spiro atoms. The maximum Gasteiger partial charge on any atom is 0.317 e. The highest BCUT2D eigenvalue weighted by molar-refractivity contribution is 5.91. The smallest absolute Gasteiger partial charge is 0.317 e. The van der Waals surface area contributed by atoms with Crippen molar-refractivity contribution in [3.63, 3.8) is 0 Å². The summed E-state index contributed by atoms with van der Waals surface area (Å²) in [6, 6.07) is 9.97. The van der Waals surface area contributed by atoms with Gasteiger partial charge in [0.1, 0.15) is 5.82 Å². The molecule has 0 unspecified atom stereocenters. The molecule has 1 heterocycles. The van der Waals surface area contributed by atoms with Gasteiger partial charge in [-0.1, -0.05) is 18.2 Å². The third-order valence-electron chi connectivity index (χ3n) is 1.69. The zero-order chi connectivity index (χ0) is 9.26. The quantitative estimate of drug-likeness (QED) is 0.601. The molecule has 13 heavy (non-hydrogen) atoms. The Bertz CT molecular complexity index is 414. The highest BCUT2D eigenvalue weighted by atomic mass is 16.2. The van der Waals surface area contributed by atoms with Gasteiger partial charge < -0.3 is 10.7 Å². The molecule has 0 saturated carbocycles. The predicted molar refractivity (Wildman–Crippen MR) is 50.3 cm³/mol. The molecule has 65 valence electrons. The molecule has 0 fully saturated rings. The van der Waals surface area contributed by atoms with Gasteiger partial charge in [-0.05, 0) is 6.07 Å². The number of carbonyl (C=O) groups excluding carboxylic acids is 1. The average Bonchev–Trinajstić information content (AvgIpc) is 2.44. The van der Waals surface area contributed by atoms with Crippen LogP contribution >= 0.6 is 0 Å². The number of urea groups is 1. The van der Waals surface area contributed by atoms with Gasteiger partial charge in [0.05, 0.1) is 0 Å². The van der Waals surface area contributed by atoms with E-state index in [-0.39, 0.29) is 0 Å². The predicted octanol–water partition coefficient (Wildman–Crippen LogP) is 1.46. The zero-order valence-electron chi connectivity index (χ0n) is 6.79. The molecule has 1 aromatic heterocycles. The Hall–Kier alpha value is -1.97. The van der Waals surface area contributed by atoms with Crippen molar-refractivity contribution in [1.29, 1.82) is 0 Å². The number of benzene rings is 1. The lowest BCUT2D eigenvalue weighted by Crippen LogP contribution is -2.19. The van der Waals surface area contributed by atoms with Crippen molar-refractivity contribution in [1.82, 2.24) is 4.98 Å². The van der Waals surface area contributed by atoms with Crippen LogP contribution in [-0.4, -0.2) is 11.0 Å². The van der Waals surface area contributed by atoms with Crippen LogP contribution in [-0.2, 0) is 0 Å². The highest BCUT2D eigenvalue weighted by Crippen LogP contribution is 2.16. The van der Waals surface area contributed by atoms with E-state index in [2.05, 4.69) is 16.4 Å². The van der Waals surface area contributed by atoms with Crippen molar-refractivity contribution in [3.8, 4) is 0 Å². The summed E-state index contributed by atoms with van der Waals surface area (Å²) >= 11 is 0. The van der Waals surface area contributed by atoms with E-state index in [1.54, 1.807) is 0 Å². The van der Waals surface area contributed by atoms with Crippen LogP contribution in [0.5, 0.6) is 0 Å². The van der Waals surface area contributed by atoms with E-state index >= 15 is 0 Å². The van der Waals surface area contributed by atoms with Crippen molar-refractivity contribution in [2.75, 3.05) is 5.32 Å². The molecule has 0 saturated heterocycles. The second kappa shape index (κ2) is 2.82. The van der Waals surface area contributed by atoms with E-state index in [0.29, 0.717) is 5.82 Å². The maximum absolute atomic E-state index is 10.5. The number of rotatable bonds is 1. The topological polar surface area (TPSA) is 70.9 Å². The lowest BCUT2D eigenvalue weighted by Gasteiger charge is -1.93. The van der Waals surface area contributed by atoms with E-state index in [4.69, 9.17) is 5.73 Å². The first-order chi connectivity index (χ1) is 6.25. The lowest BCUT2D eigenvalue weighted by atomic mass is 10.2. The first-order valence-corrected chi connectivity index (χ1v) is 3.82. The van der Waals surface area contributed by atoms with E-state index in [0.717, 1.165) is 10.9 Å². The highest BCUT2D eigenvalue weighted by Gasteiger charge is 2.00. The second-order valence-electron chi connectivity index (χ2n) is 2.66. The van der Waals surface area contributed by atoms with E-state index in [1.807, 2.05) is 24.3 Å². The minimum atomic E-state index is -0.595. The van der Waals surface area contributed by atoms with Crippen LogP contribution in [0.1, 0.15) is 0 Å².